The highest BCUT2D eigenvalue weighted by Crippen LogP contribution is 2.21. The predicted molar refractivity (Wildman–Crippen MR) is 107 cm³/mol. The van der Waals surface area contributed by atoms with E-state index in [1.54, 1.807) is 11.1 Å². The molecule has 1 aromatic carbocycles. The molecule has 0 radical (unpaired) electrons. The van der Waals surface area contributed by atoms with E-state index in [0.717, 1.165) is 23.4 Å². The lowest BCUT2D eigenvalue weighted by atomic mass is 10.0. The number of hydrogen-bond donors (Lipinski definition) is 2. The Morgan fingerprint density at radius 2 is 2.07 bits per heavy atom. The number of hydrazone groups is 1. The molecule has 2 heterocycles. The molecule has 0 bridgehead atoms. The molecule has 3 rings (SSSR count). The van der Waals surface area contributed by atoms with E-state index in [1.807, 2.05) is 31.2 Å². The van der Waals surface area contributed by atoms with Gasteiger partial charge in [-0.05, 0) is 30.9 Å². The number of carboxylic acids is 1. The van der Waals surface area contributed by atoms with E-state index in [2.05, 4.69) is 15.7 Å². The summed E-state index contributed by atoms with van der Waals surface area (Å²) < 4.78 is 5.31. The second-order valence-electron chi connectivity index (χ2n) is 6.96. The number of hydrogen-bond acceptors (Lipinski definition) is 7. The van der Waals surface area contributed by atoms with Gasteiger partial charge in [-0.3, -0.25) is 4.79 Å². The van der Waals surface area contributed by atoms with E-state index >= 15 is 0 Å². The molecule has 2 aliphatic rings. The van der Waals surface area contributed by atoms with Gasteiger partial charge in [-0.2, -0.15) is 5.10 Å². The molecule has 0 spiro atoms. The number of amides is 1. The maximum Gasteiger partial charge on any atom is 0.329 e. The molecule has 2 aliphatic heterocycles. The third-order valence-corrected chi connectivity index (χ3v) is 4.85. The molecule has 2 N–H and O–H groups in total. The zero-order valence-electron chi connectivity index (χ0n) is 16.4. The molecule has 0 aromatic heterocycles. The summed E-state index contributed by atoms with van der Waals surface area (Å²) in [7, 11) is 0. The number of nitrogens with zero attached hydrogens (tertiary/aromatic N) is 3. The highest BCUT2D eigenvalue weighted by atomic mass is 16.6. The monoisotopic (exact) mass is 402 g/mol. The number of benzene rings is 1. The number of nitrogens with one attached hydrogen (secondary N) is 1. The van der Waals surface area contributed by atoms with Crippen LogP contribution in [0.4, 0.5) is 0 Å². The van der Waals surface area contributed by atoms with Crippen molar-refractivity contribution in [2.75, 3.05) is 26.2 Å². The maximum atomic E-state index is 12.7. The van der Waals surface area contributed by atoms with Crippen molar-refractivity contribution in [1.29, 1.82) is 0 Å². The summed E-state index contributed by atoms with van der Waals surface area (Å²) in [5, 5.41) is 16.9. The second kappa shape index (κ2) is 10.0. The molecule has 1 aromatic rings. The summed E-state index contributed by atoms with van der Waals surface area (Å²) in [4.78, 5) is 30.4. The molecule has 0 aliphatic carbocycles. The van der Waals surface area contributed by atoms with E-state index in [-0.39, 0.29) is 18.6 Å². The summed E-state index contributed by atoms with van der Waals surface area (Å²) >= 11 is 0. The van der Waals surface area contributed by atoms with Crippen LogP contribution in [0.3, 0.4) is 0 Å². The molecule has 1 fully saturated rings. The van der Waals surface area contributed by atoms with Crippen LogP contribution in [-0.4, -0.2) is 72.3 Å². The molecule has 9 heteroatoms. The zero-order valence-corrected chi connectivity index (χ0v) is 16.4. The number of ether oxygens (including phenoxy) is 1. The van der Waals surface area contributed by atoms with Crippen molar-refractivity contribution in [3.63, 3.8) is 0 Å². The number of aliphatic carboxylic acids is 1. The Morgan fingerprint density at radius 3 is 2.72 bits per heavy atom. The Balaban J connectivity index is 1.48. The zero-order chi connectivity index (χ0) is 20.6. The number of oxime groups is 1. The van der Waals surface area contributed by atoms with Crippen molar-refractivity contribution in [2.45, 2.75) is 38.4 Å². The third kappa shape index (κ3) is 5.77. The van der Waals surface area contributed by atoms with Gasteiger partial charge in [0.2, 0.25) is 6.10 Å². The topological polar surface area (TPSA) is 113 Å². The van der Waals surface area contributed by atoms with Crippen LogP contribution in [-0.2, 0) is 19.2 Å². The smallest absolute Gasteiger partial charge is 0.329 e. The van der Waals surface area contributed by atoms with Crippen LogP contribution in [0.15, 0.2) is 34.5 Å². The van der Waals surface area contributed by atoms with Crippen LogP contribution in [0, 0.1) is 0 Å². The van der Waals surface area contributed by atoms with Crippen LogP contribution in [0.25, 0.3) is 0 Å². The number of piperidine rings is 1. The summed E-state index contributed by atoms with van der Waals surface area (Å²) in [5.74, 6) is -1.07. The average molecular weight is 402 g/mol. The Labute approximate surface area is 169 Å². The highest BCUT2D eigenvalue weighted by Gasteiger charge is 2.34. The maximum absolute atomic E-state index is 12.7. The Morgan fingerprint density at radius 1 is 1.34 bits per heavy atom. The van der Waals surface area contributed by atoms with Crippen LogP contribution in [0.1, 0.15) is 37.3 Å². The number of carboxylic acid groups (broad SMARTS) is 1. The minimum Gasteiger partial charge on any atom is -0.480 e. The molecule has 1 unspecified atom stereocenters. The number of carbonyl (C=O) groups excluding carboxylic acids is 1. The first-order chi connectivity index (χ1) is 14.1. The first kappa shape index (κ1) is 20.8. The quantitative estimate of drug-likeness (QED) is 0.499. The van der Waals surface area contributed by atoms with Crippen molar-refractivity contribution >= 4 is 23.8 Å². The number of carbonyl (C=O) groups is 2. The summed E-state index contributed by atoms with van der Waals surface area (Å²) in [6, 6.07) is 7.76. The van der Waals surface area contributed by atoms with Gasteiger partial charge in [-0.1, -0.05) is 29.4 Å². The standard InChI is InChI=1S/C20H26N4O5/c1-2-21-22-12-14-3-5-15(6-4-14)17-11-18(29-23-17)20(27)24-9-7-16(8-10-24)28-13-19(25)26/h3-6,12,16,18,21H,2,7-11,13H2,1H3,(H,25,26). The van der Waals surface area contributed by atoms with Gasteiger partial charge in [-0.25, -0.2) is 4.79 Å². The van der Waals surface area contributed by atoms with Gasteiger partial charge in [0.05, 0.1) is 18.0 Å². The van der Waals surface area contributed by atoms with Crippen molar-refractivity contribution in [3.8, 4) is 0 Å². The second-order valence-corrected chi connectivity index (χ2v) is 6.96. The third-order valence-electron chi connectivity index (χ3n) is 4.85. The highest BCUT2D eigenvalue weighted by molar-refractivity contribution is 6.04. The lowest BCUT2D eigenvalue weighted by Crippen LogP contribution is -2.45. The van der Waals surface area contributed by atoms with Crippen LogP contribution < -0.4 is 5.43 Å². The molecule has 1 amide bonds. The molecule has 156 valence electrons. The van der Waals surface area contributed by atoms with Crippen LogP contribution in [0.2, 0.25) is 0 Å². The Bertz CT molecular complexity index is 770. The van der Waals surface area contributed by atoms with Crippen molar-refractivity contribution in [1.82, 2.24) is 10.3 Å². The molecule has 1 saturated heterocycles. The summed E-state index contributed by atoms with van der Waals surface area (Å²) in [5.41, 5.74) is 5.51. The normalized spacial score (nSPS) is 19.8. The van der Waals surface area contributed by atoms with Gasteiger partial charge in [0.1, 0.15) is 6.61 Å². The fourth-order valence-corrected chi connectivity index (χ4v) is 3.29. The number of rotatable bonds is 8. The van der Waals surface area contributed by atoms with Crippen LogP contribution in [0.5, 0.6) is 0 Å². The fourth-order valence-electron chi connectivity index (χ4n) is 3.29. The lowest BCUT2D eigenvalue weighted by Gasteiger charge is -2.32. The number of likely N-dealkylation sites (tertiary alicyclic amines) is 1. The molecule has 0 saturated carbocycles. The van der Waals surface area contributed by atoms with E-state index in [4.69, 9.17) is 14.7 Å². The molecule has 9 nitrogen and oxygen atoms in total. The predicted octanol–water partition coefficient (Wildman–Crippen LogP) is 1.22. The average Bonchev–Trinajstić information content (AvgIpc) is 3.23. The van der Waals surface area contributed by atoms with Crippen molar-refractivity contribution < 1.29 is 24.3 Å². The van der Waals surface area contributed by atoms with E-state index in [1.165, 1.54) is 0 Å². The summed E-state index contributed by atoms with van der Waals surface area (Å²) in [6.45, 7) is 3.49. The van der Waals surface area contributed by atoms with Gasteiger partial charge in [0.15, 0.2) is 0 Å². The molecule has 29 heavy (non-hydrogen) atoms. The van der Waals surface area contributed by atoms with Gasteiger partial charge >= 0.3 is 5.97 Å². The van der Waals surface area contributed by atoms with Gasteiger partial charge in [-0.15, -0.1) is 0 Å². The Hall–Kier alpha value is -2.94. The fraction of sp³-hybridized carbons (Fsp3) is 0.500. The Kier molecular flexibility index (Phi) is 7.18. The lowest BCUT2D eigenvalue weighted by molar-refractivity contribution is -0.149. The first-order valence-electron chi connectivity index (χ1n) is 9.78. The van der Waals surface area contributed by atoms with E-state index < -0.39 is 12.1 Å². The van der Waals surface area contributed by atoms with Gasteiger partial charge in [0, 0.05) is 26.1 Å². The molecular formula is C20H26N4O5. The van der Waals surface area contributed by atoms with E-state index in [9.17, 15) is 9.59 Å². The first-order valence-corrected chi connectivity index (χ1v) is 9.78. The minimum absolute atomic E-state index is 0.0881. The van der Waals surface area contributed by atoms with Crippen molar-refractivity contribution in [2.24, 2.45) is 10.3 Å². The van der Waals surface area contributed by atoms with Gasteiger partial charge < -0.3 is 25.0 Å². The van der Waals surface area contributed by atoms with Crippen molar-refractivity contribution in [3.05, 3.63) is 35.4 Å². The molecular weight excluding hydrogens is 376 g/mol. The van der Waals surface area contributed by atoms with E-state index in [0.29, 0.717) is 32.4 Å². The minimum atomic E-state index is -0.981. The van der Waals surface area contributed by atoms with Gasteiger partial charge in [0.25, 0.3) is 5.91 Å². The largest absolute Gasteiger partial charge is 0.480 e. The SMILES string of the molecule is CCNN=Cc1ccc(C2=NOC(C(=O)N3CCC(OCC(=O)O)CC3)C2)cc1. The summed E-state index contributed by atoms with van der Waals surface area (Å²) in [6.07, 6.45) is 2.68. The van der Waals surface area contributed by atoms with Crippen LogP contribution >= 0.6 is 0 Å². The molecule has 1 atom stereocenters.